The summed E-state index contributed by atoms with van der Waals surface area (Å²) in [6, 6.07) is 2.62. The summed E-state index contributed by atoms with van der Waals surface area (Å²) in [6.07, 6.45) is 0.566. The average molecular weight is 208 g/mol. The number of nitrogens with one attached hydrogen (secondary N) is 1. The first kappa shape index (κ1) is 9.45. The molecular formula is C9H8N2O4. The Hall–Kier alpha value is -2.11. The number of anilines is 1. The van der Waals surface area contributed by atoms with Gasteiger partial charge in [-0.15, -0.1) is 0 Å². The number of nitro benzene ring substituents is 1. The standard InChI is InChI=1S/C9H8N2O4/c12-8-4-1-5-6(10-8)2-3-7(9(5)13)11(14)15/h2-3,13H,1,4H2,(H,10,12). The lowest BCUT2D eigenvalue weighted by Crippen LogP contribution is -2.19. The van der Waals surface area contributed by atoms with Crippen molar-refractivity contribution in [3.63, 3.8) is 0 Å². The fourth-order valence-corrected chi connectivity index (χ4v) is 1.59. The Balaban J connectivity index is 2.53. The van der Waals surface area contributed by atoms with Gasteiger partial charge in [-0.3, -0.25) is 14.9 Å². The molecule has 0 spiro atoms. The molecule has 15 heavy (non-hydrogen) atoms. The summed E-state index contributed by atoms with van der Waals surface area (Å²) in [5.41, 5.74) is 0.558. The fourth-order valence-electron chi connectivity index (χ4n) is 1.59. The molecule has 2 N–H and O–H groups in total. The Bertz CT molecular complexity index is 456. The zero-order valence-corrected chi connectivity index (χ0v) is 7.69. The molecule has 1 aliphatic rings. The van der Waals surface area contributed by atoms with Gasteiger partial charge >= 0.3 is 5.69 Å². The van der Waals surface area contributed by atoms with E-state index in [1.54, 1.807) is 0 Å². The number of benzene rings is 1. The molecule has 0 fully saturated rings. The zero-order valence-electron chi connectivity index (χ0n) is 7.69. The summed E-state index contributed by atoms with van der Waals surface area (Å²) in [5, 5.41) is 22.7. The minimum absolute atomic E-state index is 0.143. The molecule has 0 bridgehead atoms. The number of phenols is 1. The van der Waals surface area contributed by atoms with Crippen molar-refractivity contribution in [2.45, 2.75) is 12.8 Å². The molecule has 0 radical (unpaired) electrons. The van der Waals surface area contributed by atoms with Crippen molar-refractivity contribution in [1.82, 2.24) is 0 Å². The number of nitrogens with zero attached hydrogens (tertiary/aromatic N) is 1. The van der Waals surface area contributed by atoms with Crippen molar-refractivity contribution in [2.24, 2.45) is 0 Å². The van der Waals surface area contributed by atoms with E-state index in [9.17, 15) is 20.0 Å². The van der Waals surface area contributed by atoms with Gasteiger partial charge in [-0.05, 0) is 12.5 Å². The Morgan fingerprint density at radius 2 is 2.13 bits per heavy atom. The zero-order chi connectivity index (χ0) is 11.0. The summed E-state index contributed by atoms with van der Waals surface area (Å²) in [7, 11) is 0. The second-order valence-electron chi connectivity index (χ2n) is 3.26. The molecule has 2 rings (SSSR count). The van der Waals surface area contributed by atoms with Crippen LogP contribution in [-0.4, -0.2) is 15.9 Å². The van der Waals surface area contributed by atoms with Gasteiger partial charge in [0.25, 0.3) is 0 Å². The predicted octanol–water partition coefficient (Wildman–Crippen LogP) is 1.19. The highest BCUT2D eigenvalue weighted by Crippen LogP contribution is 2.37. The fraction of sp³-hybridized carbons (Fsp3) is 0.222. The van der Waals surface area contributed by atoms with Crippen LogP contribution in [0.25, 0.3) is 0 Å². The normalized spacial score (nSPS) is 14.3. The number of hydrogen-bond acceptors (Lipinski definition) is 4. The topological polar surface area (TPSA) is 92.5 Å². The molecule has 0 aliphatic carbocycles. The van der Waals surface area contributed by atoms with Crippen LogP contribution in [0.1, 0.15) is 12.0 Å². The van der Waals surface area contributed by atoms with Gasteiger partial charge in [0.1, 0.15) is 0 Å². The number of fused-ring (bicyclic) bond motifs is 1. The Kier molecular flexibility index (Phi) is 2.03. The number of nitro groups is 1. The van der Waals surface area contributed by atoms with Gasteiger partial charge in [0, 0.05) is 23.7 Å². The second-order valence-corrected chi connectivity index (χ2v) is 3.26. The van der Waals surface area contributed by atoms with Gasteiger partial charge in [-0.25, -0.2) is 0 Å². The highest BCUT2D eigenvalue weighted by Gasteiger charge is 2.24. The number of carbonyl (C=O) groups excluding carboxylic acids is 1. The molecule has 0 saturated heterocycles. The molecule has 0 atom stereocenters. The number of hydrogen-bond donors (Lipinski definition) is 2. The molecule has 1 aliphatic heterocycles. The third kappa shape index (κ3) is 1.50. The van der Waals surface area contributed by atoms with E-state index >= 15 is 0 Å². The Labute approximate surface area is 84.7 Å². The van der Waals surface area contributed by atoms with Crippen LogP contribution in [0, 0.1) is 10.1 Å². The minimum atomic E-state index is -0.647. The summed E-state index contributed by atoms with van der Waals surface area (Å²) in [6.45, 7) is 0. The SMILES string of the molecule is O=C1CCc2c(ccc([N+](=O)[O-])c2O)N1. The first-order valence-corrected chi connectivity index (χ1v) is 4.38. The number of rotatable bonds is 1. The molecule has 0 unspecified atom stereocenters. The molecule has 1 heterocycles. The lowest BCUT2D eigenvalue weighted by molar-refractivity contribution is -0.385. The van der Waals surface area contributed by atoms with Crippen LogP contribution in [0.2, 0.25) is 0 Å². The van der Waals surface area contributed by atoms with E-state index in [2.05, 4.69) is 5.32 Å². The van der Waals surface area contributed by atoms with Crippen molar-refractivity contribution in [1.29, 1.82) is 0 Å². The summed E-state index contributed by atoms with van der Waals surface area (Å²) >= 11 is 0. The third-order valence-corrected chi connectivity index (χ3v) is 2.33. The largest absolute Gasteiger partial charge is 0.502 e. The Morgan fingerprint density at radius 3 is 2.80 bits per heavy atom. The predicted molar refractivity (Wildman–Crippen MR) is 51.7 cm³/mol. The number of phenolic OH excluding ortho intramolecular Hbond substituents is 1. The first-order chi connectivity index (χ1) is 7.09. The smallest absolute Gasteiger partial charge is 0.311 e. The third-order valence-electron chi connectivity index (χ3n) is 2.33. The van der Waals surface area contributed by atoms with Gasteiger partial charge < -0.3 is 10.4 Å². The number of aromatic hydroxyl groups is 1. The van der Waals surface area contributed by atoms with E-state index in [0.29, 0.717) is 17.7 Å². The molecule has 0 aromatic heterocycles. The van der Waals surface area contributed by atoms with Crippen LogP contribution in [0.3, 0.4) is 0 Å². The van der Waals surface area contributed by atoms with Crippen molar-refractivity contribution in [3.05, 3.63) is 27.8 Å². The van der Waals surface area contributed by atoms with Gasteiger partial charge in [-0.2, -0.15) is 0 Å². The Morgan fingerprint density at radius 1 is 1.40 bits per heavy atom. The molecule has 78 valence electrons. The van der Waals surface area contributed by atoms with Gasteiger partial charge in [0.15, 0.2) is 5.75 Å². The quantitative estimate of drug-likeness (QED) is 0.535. The van der Waals surface area contributed by atoms with Crippen molar-refractivity contribution in [2.75, 3.05) is 5.32 Å². The molecule has 1 aromatic rings. The first-order valence-electron chi connectivity index (χ1n) is 4.38. The second kappa shape index (κ2) is 3.23. The van der Waals surface area contributed by atoms with E-state index in [1.807, 2.05) is 0 Å². The molecule has 0 saturated carbocycles. The van der Waals surface area contributed by atoms with Crippen molar-refractivity contribution < 1.29 is 14.8 Å². The van der Waals surface area contributed by atoms with E-state index in [-0.39, 0.29) is 23.8 Å². The lowest BCUT2D eigenvalue weighted by Gasteiger charge is -2.17. The minimum Gasteiger partial charge on any atom is -0.502 e. The van der Waals surface area contributed by atoms with Crippen LogP contribution in [0.15, 0.2) is 12.1 Å². The average Bonchev–Trinajstić information content (AvgIpc) is 2.17. The van der Waals surface area contributed by atoms with Gasteiger partial charge in [-0.1, -0.05) is 0 Å². The highest BCUT2D eigenvalue weighted by atomic mass is 16.6. The van der Waals surface area contributed by atoms with Crippen LogP contribution in [0.5, 0.6) is 5.75 Å². The van der Waals surface area contributed by atoms with E-state index in [1.165, 1.54) is 12.1 Å². The van der Waals surface area contributed by atoms with E-state index in [4.69, 9.17) is 0 Å². The molecule has 1 aromatic carbocycles. The van der Waals surface area contributed by atoms with Crippen molar-refractivity contribution >= 4 is 17.3 Å². The molecule has 6 heteroatoms. The highest BCUT2D eigenvalue weighted by molar-refractivity contribution is 5.95. The van der Waals surface area contributed by atoms with Crippen LogP contribution in [0.4, 0.5) is 11.4 Å². The number of carbonyl (C=O) groups is 1. The van der Waals surface area contributed by atoms with Gasteiger partial charge in [0.2, 0.25) is 5.91 Å². The van der Waals surface area contributed by atoms with Gasteiger partial charge in [0.05, 0.1) is 4.92 Å². The lowest BCUT2D eigenvalue weighted by atomic mass is 10.0. The monoisotopic (exact) mass is 208 g/mol. The van der Waals surface area contributed by atoms with Crippen LogP contribution in [-0.2, 0) is 11.2 Å². The number of amides is 1. The maximum absolute atomic E-state index is 11.0. The van der Waals surface area contributed by atoms with E-state index < -0.39 is 4.92 Å². The van der Waals surface area contributed by atoms with Crippen LogP contribution < -0.4 is 5.32 Å². The summed E-state index contributed by atoms with van der Waals surface area (Å²) in [4.78, 5) is 20.9. The van der Waals surface area contributed by atoms with Crippen molar-refractivity contribution in [3.8, 4) is 5.75 Å². The maximum atomic E-state index is 11.0. The molecule has 1 amide bonds. The summed E-state index contributed by atoms with van der Waals surface area (Å²) < 4.78 is 0. The van der Waals surface area contributed by atoms with E-state index in [0.717, 1.165) is 0 Å². The maximum Gasteiger partial charge on any atom is 0.311 e. The molecule has 6 nitrogen and oxygen atoms in total. The van der Waals surface area contributed by atoms with Crippen LogP contribution >= 0.6 is 0 Å². The summed E-state index contributed by atoms with van der Waals surface area (Å²) in [5.74, 6) is -0.492. The molecular weight excluding hydrogens is 200 g/mol.